The highest BCUT2D eigenvalue weighted by molar-refractivity contribution is 7.18. The minimum Gasteiger partial charge on any atom is -0.375 e. The number of rotatable bonds is 2. The van der Waals surface area contributed by atoms with Gasteiger partial charge in [-0.05, 0) is 19.1 Å². The third-order valence-electron chi connectivity index (χ3n) is 2.01. The molecule has 2 rings (SSSR count). The Balaban J connectivity index is 2.49. The fourth-order valence-electron chi connectivity index (χ4n) is 1.16. The molecule has 0 saturated carbocycles. The molecule has 2 aromatic rings. The largest absolute Gasteiger partial charge is 0.375 e. The Hall–Kier alpha value is -0.930. The Morgan fingerprint density at radius 3 is 2.85 bits per heavy atom. The van der Waals surface area contributed by atoms with Crippen LogP contribution in [0.3, 0.4) is 0 Å². The van der Waals surface area contributed by atoms with Gasteiger partial charge < -0.3 is 4.74 Å². The molecule has 1 aromatic heterocycles. The predicted octanol–water partition coefficient (Wildman–Crippen LogP) is 3.00. The average Bonchev–Trinajstić information content (AvgIpc) is 2.59. The lowest BCUT2D eigenvalue weighted by Gasteiger charge is -2.02. The summed E-state index contributed by atoms with van der Waals surface area (Å²) in [5.74, 6) is 0. The number of hydrogen-bond donors (Lipinski definition) is 0. The Morgan fingerprint density at radius 1 is 1.38 bits per heavy atom. The van der Waals surface area contributed by atoms with Crippen LogP contribution in [0.4, 0.5) is 0 Å². The number of para-hydroxylation sites is 1. The normalized spacial score (nSPS) is 13.4. The molecule has 0 aliphatic heterocycles. The molecule has 0 radical (unpaired) electrons. The van der Waals surface area contributed by atoms with Crippen molar-refractivity contribution < 1.29 is 4.74 Å². The van der Waals surface area contributed by atoms with Gasteiger partial charge in [-0.15, -0.1) is 11.3 Å². The second-order valence-corrected chi connectivity index (χ2v) is 3.96. The summed E-state index contributed by atoms with van der Waals surface area (Å²) in [5, 5.41) is 1.05. The van der Waals surface area contributed by atoms with Crippen LogP contribution in [0.2, 0.25) is 0 Å². The van der Waals surface area contributed by atoms with Crippen LogP contribution in [-0.4, -0.2) is 12.1 Å². The van der Waals surface area contributed by atoms with Gasteiger partial charge in [0, 0.05) is 7.11 Å². The van der Waals surface area contributed by atoms with Gasteiger partial charge in [-0.1, -0.05) is 12.1 Å². The summed E-state index contributed by atoms with van der Waals surface area (Å²) >= 11 is 1.69. The molecule has 0 N–H and O–H groups in total. The highest BCUT2D eigenvalue weighted by Crippen LogP contribution is 2.27. The summed E-state index contributed by atoms with van der Waals surface area (Å²) in [6.45, 7) is 2.01. The minimum absolute atomic E-state index is 0.0948. The van der Waals surface area contributed by atoms with Crippen molar-refractivity contribution in [1.82, 2.24) is 4.98 Å². The van der Waals surface area contributed by atoms with Gasteiger partial charge in [0.1, 0.15) is 11.1 Å². The zero-order valence-electron chi connectivity index (χ0n) is 7.65. The van der Waals surface area contributed by atoms with Crippen LogP contribution in [0.25, 0.3) is 10.2 Å². The first-order valence-electron chi connectivity index (χ1n) is 4.19. The van der Waals surface area contributed by atoms with E-state index in [4.69, 9.17) is 4.74 Å². The van der Waals surface area contributed by atoms with Crippen LogP contribution in [0, 0.1) is 0 Å². The molecule has 1 atom stereocenters. The lowest BCUT2D eigenvalue weighted by Crippen LogP contribution is -1.93. The predicted molar refractivity (Wildman–Crippen MR) is 55.0 cm³/mol. The van der Waals surface area contributed by atoms with Crippen molar-refractivity contribution in [1.29, 1.82) is 0 Å². The number of fused-ring (bicyclic) bond motifs is 1. The zero-order chi connectivity index (χ0) is 9.26. The van der Waals surface area contributed by atoms with Crippen LogP contribution in [0.15, 0.2) is 24.3 Å². The number of thiazole rings is 1. The lowest BCUT2D eigenvalue weighted by molar-refractivity contribution is 0.119. The standard InChI is InChI=1S/C10H11NOS/c1-7(12-2)10-11-8-5-3-4-6-9(8)13-10/h3-7H,1-2H3/t7-/m0/s1. The number of ether oxygens (including phenoxy) is 1. The summed E-state index contributed by atoms with van der Waals surface area (Å²) in [4.78, 5) is 4.48. The van der Waals surface area contributed by atoms with Crippen molar-refractivity contribution in [2.75, 3.05) is 7.11 Å². The topological polar surface area (TPSA) is 22.1 Å². The first-order valence-corrected chi connectivity index (χ1v) is 5.01. The van der Waals surface area contributed by atoms with Crippen LogP contribution in [-0.2, 0) is 4.74 Å². The summed E-state index contributed by atoms with van der Waals surface area (Å²) in [6.07, 6.45) is 0.0948. The molecule has 68 valence electrons. The maximum absolute atomic E-state index is 5.21. The first-order chi connectivity index (χ1) is 6.31. The molecule has 1 heterocycles. The molecular weight excluding hydrogens is 182 g/mol. The molecule has 0 saturated heterocycles. The quantitative estimate of drug-likeness (QED) is 0.731. The molecule has 0 spiro atoms. The van der Waals surface area contributed by atoms with Crippen LogP contribution in [0.1, 0.15) is 18.0 Å². The van der Waals surface area contributed by atoms with Crippen molar-refractivity contribution >= 4 is 21.6 Å². The average molecular weight is 193 g/mol. The first kappa shape index (κ1) is 8.66. The summed E-state index contributed by atoms with van der Waals surface area (Å²) in [6, 6.07) is 8.14. The minimum atomic E-state index is 0.0948. The Morgan fingerprint density at radius 2 is 2.15 bits per heavy atom. The molecule has 13 heavy (non-hydrogen) atoms. The second-order valence-electron chi connectivity index (χ2n) is 2.90. The Kier molecular flexibility index (Phi) is 2.29. The van der Waals surface area contributed by atoms with E-state index in [0.29, 0.717) is 0 Å². The third kappa shape index (κ3) is 1.57. The van der Waals surface area contributed by atoms with Gasteiger partial charge in [-0.3, -0.25) is 0 Å². The van der Waals surface area contributed by atoms with Crippen molar-refractivity contribution in [3.63, 3.8) is 0 Å². The molecule has 3 heteroatoms. The highest BCUT2D eigenvalue weighted by atomic mass is 32.1. The van der Waals surface area contributed by atoms with E-state index in [1.165, 1.54) is 4.70 Å². The fraction of sp³-hybridized carbons (Fsp3) is 0.300. The SMILES string of the molecule is CO[C@@H](C)c1nc2ccccc2s1. The number of benzene rings is 1. The molecule has 0 bridgehead atoms. The van der Waals surface area contributed by atoms with Crippen molar-refractivity contribution in [2.24, 2.45) is 0 Å². The maximum Gasteiger partial charge on any atom is 0.122 e. The summed E-state index contributed by atoms with van der Waals surface area (Å²) in [7, 11) is 1.71. The Labute approximate surface area is 81.2 Å². The molecule has 2 nitrogen and oxygen atoms in total. The number of hydrogen-bond acceptors (Lipinski definition) is 3. The molecule has 0 fully saturated rings. The van der Waals surface area contributed by atoms with Gasteiger partial charge in [-0.25, -0.2) is 4.98 Å². The molecular formula is C10H11NOS. The molecule has 0 unspecified atom stereocenters. The van der Waals surface area contributed by atoms with E-state index in [1.54, 1.807) is 18.4 Å². The number of nitrogens with zero attached hydrogens (tertiary/aromatic N) is 1. The maximum atomic E-state index is 5.21. The number of methoxy groups -OCH3 is 1. The van der Waals surface area contributed by atoms with E-state index in [1.807, 2.05) is 25.1 Å². The van der Waals surface area contributed by atoms with E-state index >= 15 is 0 Å². The smallest absolute Gasteiger partial charge is 0.122 e. The van der Waals surface area contributed by atoms with E-state index in [9.17, 15) is 0 Å². The summed E-state index contributed by atoms with van der Waals surface area (Å²) in [5.41, 5.74) is 1.06. The number of aromatic nitrogens is 1. The molecule has 0 amide bonds. The van der Waals surface area contributed by atoms with E-state index in [-0.39, 0.29) is 6.10 Å². The van der Waals surface area contributed by atoms with Crippen LogP contribution < -0.4 is 0 Å². The zero-order valence-corrected chi connectivity index (χ0v) is 8.47. The lowest BCUT2D eigenvalue weighted by atomic mass is 10.3. The van der Waals surface area contributed by atoms with Gasteiger partial charge in [0.25, 0.3) is 0 Å². The van der Waals surface area contributed by atoms with Gasteiger partial charge >= 0.3 is 0 Å². The molecule has 1 aromatic carbocycles. The van der Waals surface area contributed by atoms with E-state index in [2.05, 4.69) is 11.1 Å². The van der Waals surface area contributed by atoms with Gasteiger partial charge in [-0.2, -0.15) is 0 Å². The van der Waals surface area contributed by atoms with Crippen LogP contribution >= 0.6 is 11.3 Å². The van der Waals surface area contributed by atoms with E-state index in [0.717, 1.165) is 10.5 Å². The fourth-order valence-corrected chi connectivity index (χ4v) is 2.16. The van der Waals surface area contributed by atoms with Gasteiger partial charge in [0.2, 0.25) is 0 Å². The van der Waals surface area contributed by atoms with Crippen molar-refractivity contribution in [2.45, 2.75) is 13.0 Å². The van der Waals surface area contributed by atoms with E-state index < -0.39 is 0 Å². The monoisotopic (exact) mass is 193 g/mol. The second kappa shape index (κ2) is 3.44. The summed E-state index contributed by atoms with van der Waals surface area (Å²) < 4.78 is 6.44. The molecule has 0 aliphatic carbocycles. The van der Waals surface area contributed by atoms with Gasteiger partial charge in [0.05, 0.1) is 10.2 Å². The third-order valence-corrected chi connectivity index (χ3v) is 3.21. The van der Waals surface area contributed by atoms with Gasteiger partial charge in [0.15, 0.2) is 0 Å². The highest BCUT2D eigenvalue weighted by Gasteiger charge is 2.09. The van der Waals surface area contributed by atoms with Crippen molar-refractivity contribution in [3.8, 4) is 0 Å². The van der Waals surface area contributed by atoms with Crippen molar-refractivity contribution in [3.05, 3.63) is 29.3 Å². The molecule has 0 aliphatic rings. The van der Waals surface area contributed by atoms with Crippen LogP contribution in [0.5, 0.6) is 0 Å². The Bertz CT molecular complexity index is 377.